The second kappa shape index (κ2) is 42.1. The number of nitrogens with one attached hydrogen (secondary N) is 7. The SMILES string of the molecule is CC(C)C[C@H](NC(=O)[C@H](CCCN)NC(=O)[C@@H](NC(=O)[C@@H]1CCCN1C(=O)[C@@H](Cc1ccccc1)/[N+]([O-])=C/c1ccccc1)C(C)C)C(=O)N[C@H](Cc1ccccc1)C(=O)N1CCC[C@H]1C(=O)N[C@H](C(=O)N[C@@H](CCCN)C(=O)N[C@@H](CC(C)C)C(=O)/C(C#N)=S1\CCC(COCC(N)=O)C1)C(C)C. The third-order valence-corrected chi connectivity index (χ3v) is 21.2. The van der Waals surface area contributed by atoms with Crippen molar-refractivity contribution in [3.63, 3.8) is 0 Å². The van der Waals surface area contributed by atoms with Crippen LogP contribution in [0.2, 0.25) is 0 Å². The van der Waals surface area contributed by atoms with E-state index in [9.17, 15) is 58.4 Å². The Kier molecular flexibility index (Phi) is 34.1. The van der Waals surface area contributed by atoms with Crippen molar-refractivity contribution in [1.82, 2.24) is 47.0 Å². The number of nitrogens with zero attached hydrogens (tertiary/aromatic N) is 4. The van der Waals surface area contributed by atoms with Gasteiger partial charge < -0.3 is 74.2 Å². The van der Waals surface area contributed by atoms with Crippen LogP contribution in [-0.4, -0.2) is 202 Å². The van der Waals surface area contributed by atoms with Crippen molar-refractivity contribution in [2.45, 2.75) is 199 Å². The number of benzene rings is 3. The molecule has 10 amide bonds. The molecule has 13 N–H and O–H groups in total. The molecule has 2 unspecified atom stereocenters. The van der Waals surface area contributed by atoms with E-state index in [4.69, 9.17) is 21.9 Å². The number of amides is 10. The number of rotatable bonds is 40. The number of carbonyl (C=O) groups is 11. The van der Waals surface area contributed by atoms with Crippen molar-refractivity contribution >= 4 is 86.4 Å². The molecule has 0 aliphatic carbocycles. The van der Waals surface area contributed by atoms with Gasteiger partial charge in [0.15, 0.2) is 6.21 Å². The summed E-state index contributed by atoms with van der Waals surface area (Å²) in [7, 11) is -0.736. The normalized spacial score (nSPS) is 19.2. The molecule has 12 atom stereocenters. The van der Waals surface area contributed by atoms with Crippen LogP contribution in [0.15, 0.2) is 91.0 Å². The maximum absolute atomic E-state index is 15.1. The molecule has 3 aromatic rings. The third-order valence-electron chi connectivity index (χ3n) is 18.8. The number of likely N-dealkylation sites (tertiary alicyclic amines) is 2. The number of hydroxylamine groups is 1. The van der Waals surface area contributed by atoms with E-state index in [-0.39, 0.29) is 120 Å². The van der Waals surface area contributed by atoms with Gasteiger partial charge in [-0.05, 0) is 148 Å². The Hall–Kier alpha value is -8.91. The Morgan fingerprint density at radius 2 is 1.03 bits per heavy atom. The number of hydrogen-bond donors (Lipinski definition) is 10. The summed E-state index contributed by atoms with van der Waals surface area (Å²) < 4.78 is 6.05. The summed E-state index contributed by atoms with van der Waals surface area (Å²) in [5.74, 6) is -7.45. The average molecular weight is 1460 g/mol. The highest BCUT2D eigenvalue weighted by molar-refractivity contribution is 8.17. The Morgan fingerprint density at radius 3 is 1.50 bits per heavy atom. The van der Waals surface area contributed by atoms with Crippen molar-refractivity contribution < 1.29 is 62.2 Å². The van der Waals surface area contributed by atoms with E-state index in [0.717, 1.165) is 5.56 Å². The van der Waals surface area contributed by atoms with Gasteiger partial charge in [0.25, 0.3) is 5.91 Å². The summed E-state index contributed by atoms with van der Waals surface area (Å²) >= 11 is 0. The van der Waals surface area contributed by atoms with E-state index >= 15 is 4.79 Å². The quantitative estimate of drug-likeness (QED) is 0.0129. The molecule has 104 heavy (non-hydrogen) atoms. The zero-order valence-corrected chi connectivity index (χ0v) is 62.3. The Balaban J connectivity index is 1.15. The van der Waals surface area contributed by atoms with Crippen molar-refractivity contribution in [3.05, 3.63) is 113 Å². The molecule has 568 valence electrons. The van der Waals surface area contributed by atoms with Gasteiger partial charge in [0.2, 0.25) is 65.0 Å². The minimum Gasteiger partial charge on any atom is -0.623 e. The number of ketones is 1. The Bertz CT molecular complexity index is 3520. The highest BCUT2D eigenvalue weighted by Crippen LogP contribution is 2.33. The largest absolute Gasteiger partial charge is 0.623 e. The summed E-state index contributed by atoms with van der Waals surface area (Å²) in [5, 5.41) is 44.1. The van der Waals surface area contributed by atoms with E-state index < -0.39 is 148 Å². The first-order valence-corrected chi connectivity index (χ1v) is 38.1. The van der Waals surface area contributed by atoms with Crippen LogP contribution in [0.5, 0.6) is 0 Å². The first-order valence-electron chi connectivity index (χ1n) is 36.6. The zero-order chi connectivity index (χ0) is 76.2. The number of nitriles is 1. The number of hydrogen-bond acceptors (Lipinski definition) is 16. The number of primary amides is 1. The molecule has 27 nitrogen and oxygen atoms in total. The molecule has 0 aromatic heterocycles. The Morgan fingerprint density at radius 1 is 0.587 bits per heavy atom. The topological polar surface area (TPSA) is 416 Å². The van der Waals surface area contributed by atoms with Crippen LogP contribution in [0.1, 0.15) is 143 Å². The molecule has 0 saturated carbocycles. The molecule has 0 radical (unpaired) electrons. The Labute approximate surface area is 614 Å². The van der Waals surface area contributed by atoms with Crippen molar-refractivity contribution in [2.24, 2.45) is 46.8 Å². The molecule has 0 spiro atoms. The van der Waals surface area contributed by atoms with Gasteiger partial charge in [-0.15, -0.1) is 0 Å². The maximum atomic E-state index is 15.1. The van der Waals surface area contributed by atoms with Crippen LogP contribution < -0.4 is 54.4 Å². The second-order valence-corrected chi connectivity index (χ2v) is 31.0. The number of nitrogens with two attached hydrogens (primary N) is 3. The summed E-state index contributed by atoms with van der Waals surface area (Å²) in [4.78, 5) is 160. The molecular formula is C76H110N14O13S. The van der Waals surface area contributed by atoms with Gasteiger partial charge in [-0.3, -0.25) is 52.7 Å². The average Bonchev–Trinajstić information content (AvgIpc) is 1.56. The van der Waals surface area contributed by atoms with Crippen LogP contribution in [0.25, 0.3) is 0 Å². The molecule has 3 aliphatic heterocycles. The smallest absolute Gasteiger partial charge is 0.293 e. The molecule has 6 rings (SSSR count). The van der Waals surface area contributed by atoms with Gasteiger partial charge in [0, 0.05) is 31.5 Å². The highest BCUT2D eigenvalue weighted by Gasteiger charge is 2.44. The predicted octanol–water partition coefficient (Wildman–Crippen LogP) is 2.78. The van der Waals surface area contributed by atoms with Gasteiger partial charge in [-0.1, -0.05) is 134 Å². The van der Waals surface area contributed by atoms with Crippen LogP contribution >= 0.6 is 10.5 Å². The lowest BCUT2D eigenvalue weighted by molar-refractivity contribution is -0.482. The molecule has 3 aliphatic rings. The van der Waals surface area contributed by atoms with Gasteiger partial charge in [-0.25, -0.2) is 0 Å². The fourth-order valence-electron chi connectivity index (χ4n) is 13.3. The minimum atomic E-state index is -1.29. The van der Waals surface area contributed by atoms with E-state index in [1.807, 2.05) is 64.1 Å². The summed E-state index contributed by atoms with van der Waals surface area (Å²) in [6.45, 7) is 14.9. The van der Waals surface area contributed by atoms with E-state index in [0.29, 0.717) is 53.1 Å². The first kappa shape index (κ1) is 84.0. The van der Waals surface area contributed by atoms with E-state index in [2.05, 4.69) is 43.3 Å². The molecule has 3 fully saturated rings. The number of Topliss-reactive ketones (excluding diaryl/α,β-unsaturated/α-hetero) is 1. The predicted molar refractivity (Wildman–Crippen MR) is 399 cm³/mol. The van der Waals surface area contributed by atoms with E-state index in [1.54, 1.807) is 82.3 Å². The first-order chi connectivity index (χ1) is 49.6. The van der Waals surface area contributed by atoms with Crippen molar-refractivity contribution in [2.75, 3.05) is 50.9 Å². The van der Waals surface area contributed by atoms with Gasteiger partial charge in [0.05, 0.1) is 12.6 Å². The molecule has 3 saturated heterocycles. The molecule has 0 bridgehead atoms. The lowest BCUT2D eigenvalue weighted by Crippen LogP contribution is -2.61. The standard InChI is InChI=1S/C76H110N14O13S/c1-47(2)38-57(67(92)63(42-79)104-37-32-54(46-104)44-103-45-64(80)91)83-68(93)55(28-18-33-77)81-73(98)65(49(5)6)86-71(96)60-30-20-35-88(60)75(100)59(40-51-22-12-9-13-23-51)85-70(95)58(39-48(3)4)84-69(94)56(29-19-34-78)82-74(99)66(50(7)8)87-72(97)61-31-21-36-89(61)76(101)62(41-52-24-14-10-15-25-52)90(102)43-53-26-16-11-17-27-53/h9-17,22-27,43,47-50,54-62,65-66H,18-21,28-41,44-46,77-78H2,1-8H3,(H2,80,91)(H,81,98)(H,82,99)(H,83,93)(H,84,94)(H,85,95)(H,86,96)(H,87,97)/b90-43-/t54?,55-,56-,57-,58-,59+,60-,61-,62+,65-,66-,104?/m0/s1. The number of ether oxygens (including phenoxy) is 1. The molecule has 3 heterocycles. The van der Waals surface area contributed by atoms with Crippen LogP contribution in [0.3, 0.4) is 0 Å². The zero-order valence-electron chi connectivity index (χ0n) is 61.5. The molecular weight excluding hydrogens is 1350 g/mol. The fraction of sp³-hybridized carbons (Fsp3) is 0.579. The van der Waals surface area contributed by atoms with E-state index in [1.165, 1.54) is 16.0 Å². The fourth-order valence-corrected chi connectivity index (χ4v) is 15.8. The van der Waals surface area contributed by atoms with Crippen LogP contribution in [-0.2, 0) is 70.3 Å². The third kappa shape index (κ3) is 25.5. The van der Waals surface area contributed by atoms with Crippen molar-refractivity contribution in [1.29, 1.82) is 5.26 Å². The van der Waals surface area contributed by atoms with Crippen molar-refractivity contribution in [3.8, 4) is 6.07 Å². The van der Waals surface area contributed by atoms with Crippen LogP contribution in [0, 0.1) is 46.1 Å². The minimum absolute atomic E-state index is 0.000689. The summed E-state index contributed by atoms with van der Waals surface area (Å²) in [6, 6.07) is 17.0. The molecule has 3 aromatic carbocycles. The van der Waals surface area contributed by atoms with Gasteiger partial charge in [0.1, 0.15) is 65.9 Å². The summed E-state index contributed by atoms with van der Waals surface area (Å²) in [6.07, 6.45) is 4.30. The lowest BCUT2D eigenvalue weighted by Gasteiger charge is -2.32. The van der Waals surface area contributed by atoms with Crippen LogP contribution in [0.4, 0.5) is 0 Å². The van der Waals surface area contributed by atoms with Gasteiger partial charge >= 0.3 is 0 Å². The maximum Gasteiger partial charge on any atom is 0.293 e. The molecule has 28 heteroatoms. The second-order valence-electron chi connectivity index (χ2n) is 28.9. The van der Waals surface area contributed by atoms with Gasteiger partial charge in [-0.2, -0.15) is 20.5 Å². The lowest BCUT2D eigenvalue weighted by atomic mass is 9.97. The highest BCUT2D eigenvalue weighted by atomic mass is 32.2. The summed E-state index contributed by atoms with van der Waals surface area (Å²) in [5.41, 5.74) is 19.1. The monoisotopic (exact) mass is 1460 g/mol. The number of carbonyl (C=O) groups excluding carboxylic acids is 11.